The quantitative estimate of drug-likeness (QED) is 0.885. The molecule has 0 radical (unpaired) electrons. The number of hydrogen-bond acceptors (Lipinski definition) is 3. The molecule has 2 unspecified atom stereocenters. The van der Waals surface area contributed by atoms with Crippen LogP contribution >= 0.6 is 24.8 Å². The number of carbonyl (C=O) groups excluding carboxylic acids is 1. The Bertz CT molecular complexity index is 659. The average molecular weight is 359 g/mol. The molecule has 1 aromatic carbocycles. The number of amides is 1. The molecular weight excluding hydrogens is 335 g/mol. The van der Waals surface area contributed by atoms with Gasteiger partial charge in [0.15, 0.2) is 0 Å². The summed E-state index contributed by atoms with van der Waals surface area (Å²) in [6, 6.07) is 8.16. The minimum absolute atomic E-state index is 0. The molecule has 2 atom stereocenters. The number of hydrogen-bond donors (Lipinski definition) is 2. The highest BCUT2D eigenvalue weighted by atomic mass is 35.5. The van der Waals surface area contributed by atoms with Crippen LogP contribution < -0.4 is 11.1 Å². The zero-order valence-corrected chi connectivity index (χ0v) is 14.8. The van der Waals surface area contributed by atoms with Crippen LogP contribution in [0.5, 0.6) is 0 Å². The molecule has 23 heavy (non-hydrogen) atoms. The number of fused-ring (bicyclic) bond motifs is 1. The summed E-state index contributed by atoms with van der Waals surface area (Å²) >= 11 is 0. The monoisotopic (exact) mass is 358 g/mol. The third-order valence-corrected chi connectivity index (χ3v) is 4.39. The van der Waals surface area contributed by atoms with Gasteiger partial charge in [-0.3, -0.25) is 4.79 Å². The second-order valence-corrected chi connectivity index (χ2v) is 5.92. The summed E-state index contributed by atoms with van der Waals surface area (Å²) in [5.74, 6) is 1.05. The highest BCUT2D eigenvalue weighted by Gasteiger charge is 2.25. The molecule has 1 amide bonds. The first kappa shape index (κ1) is 19.7. The number of rotatable bonds is 3. The first-order valence-electron chi connectivity index (χ1n) is 7.59. The summed E-state index contributed by atoms with van der Waals surface area (Å²) in [6.07, 6.45) is 3.83. The lowest BCUT2D eigenvalue weighted by Crippen LogP contribution is -2.37. The lowest BCUT2D eigenvalue weighted by molar-refractivity contribution is -0.126. The third-order valence-electron chi connectivity index (χ3n) is 4.39. The zero-order valence-electron chi connectivity index (χ0n) is 13.2. The Morgan fingerprint density at radius 1 is 1.35 bits per heavy atom. The van der Waals surface area contributed by atoms with E-state index in [0.717, 1.165) is 42.5 Å². The largest absolute Gasteiger partial charge is 0.349 e. The minimum Gasteiger partial charge on any atom is -0.349 e. The van der Waals surface area contributed by atoms with Crippen LogP contribution in [0.15, 0.2) is 24.3 Å². The Labute approximate surface area is 148 Å². The number of nitrogens with one attached hydrogen (secondary N) is 1. The number of halogens is 2. The van der Waals surface area contributed by atoms with Crippen molar-refractivity contribution in [1.82, 2.24) is 14.9 Å². The van der Waals surface area contributed by atoms with Crippen LogP contribution in [0.4, 0.5) is 0 Å². The molecule has 1 aliphatic carbocycles. The smallest absolute Gasteiger partial charge is 0.223 e. The number of benzene rings is 1. The zero-order chi connectivity index (χ0) is 14.8. The van der Waals surface area contributed by atoms with Crippen molar-refractivity contribution >= 4 is 41.8 Å². The molecule has 1 heterocycles. The fourth-order valence-corrected chi connectivity index (χ4v) is 3.13. The molecule has 0 aliphatic heterocycles. The molecule has 1 saturated carbocycles. The SMILES string of the molecule is Cl.Cl.Cn1c(CNC(=O)C2CCCC(N)C2)nc2ccccc21. The number of imidazole rings is 1. The van der Waals surface area contributed by atoms with Gasteiger partial charge >= 0.3 is 0 Å². The molecule has 2 aromatic rings. The van der Waals surface area contributed by atoms with Gasteiger partial charge in [-0.05, 0) is 31.4 Å². The fraction of sp³-hybridized carbons (Fsp3) is 0.500. The van der Waals surface area contributed by atoms with Gasteiger partial charge in [0.2, 0.25) is 5.91 Å². The van der Waals surface area contributed by atoms with Gasteiger partial charge in [0, 0.05) is 19.0 Å². The van der Waals surface area contributed by atoms with Crippen molar-refractivity contribution in [3.8, 4) is 0 Å². The number of aryl methyl sites for hydroxylation is 1. The van der Waals surface area contributed by atoms with Crippen molar-refractivity contribution in [3.63, 3.8) is 0 Å². The van der Waals surface area contributed by atoms with E-state index in [9.17, 15) is 4.79 Å². The van der Waals surface area contributed by atoms with Crippen LogP contribution in [0.3, 0.4) is 0 Å². The van der Waals surface area contributed by atoms with Crippen LogP contribution in [0.1, 0.15) is 31.5 Å². The third kappa shape index (κ3) is 4.37. The van der Waals surface area contributed by atoms with Crippen LogP contribution in [0.25, 0.3) is 11.0 Å². The number of carbonyl (C=O) groups is 1. The van der Waals surface area contributed by atoms with Gasteiger partial charge < -0.3 is 15.6 Å². The van der Waals surface area contributed by atoms with Crippen molar-refractivity contribution in [2.75, 3.05) is 0 Å². The maximum absolute atomic E-state index is 12.2. The lowest BCUT2D eigenvalue weighted by Gasteiger charge is -2.25. The topological polar surface area (TPSA) is 72.9 Å². The van der Waals surface area contributed by atoms with E-state index in [1.807, 2.05) is 35.9 Å². The van der Waals surface area contributed by atoms with E-state index in [4.69, 9.17) is 5.73 Å². The second-order valence-electron chi connectivity index (χ2n) is 5.92. The summed E-state index contributed by atoms with van der Waals surface area (Å²) in [5.41, 5.74) is 8.00. The number of para-hydroxylation sites is 2. The van der Waals surface area contributed by atoms with E-state index in [0.29, 0.717) is 6.54 Å². The lowest BCUT2D eigenvalue weighted by atomic mass is 9.85. The molecule has 5 nitrogen and oxygen atoms in total. The molecule has 0 saturated heterocycles. The van der Waals surface area contributed by atoms with Gasteiger partial charge in [0.25, 0.3) is 0 Å². The van der Waals surface area contributed by atoms with Gasteiger partial charge in [-0.1, -0.05) is 18.6 Å². The van der Waals surface area contributed by atoms with Crippen molar-refractivity contribution in [2.24, 2.45) is 18.7 Å². The molecule has 3 rings (SSSR count). The molecule has 1 fully saturated rings. The first-order chi connectivity index (χ1) is 10.1. The molecule has 7 heteroatoms. The van der Waals surface area contributed by atoms with Crippen molar-refractivity contribution in [1.29, 1.82) is 0 Å². The van der Waals surface area contributed by atoms with Crippen molar-refractivity contribution < 1.29 is 4.79 Å². The highest BCUT2D eigenvalue weighted by molar-refractivity contribution is 5.85. The molecule has 3 N–H and O–H groups in total. The van der Waals surface area contributed by atoms with Crippen LogP contribution in [-0.2, 0) is 18.4 Å². The predicted molar refractivity (Wildman–Crippen MR) is 97.0 cm³/mol. The van der Waals surface area contributed by atoms with Crippen molar-refractivity contribution in [3.05, 3.63) is 30.1 Å². The maximum atomic E-state index is 12.2. The van der Waals surface area contributed by atoms with E-state index >= 15 is 0 Å². The Morgan fingerprint density at radius 3 is 2.78 bits per heavy atom. The first-order valence-corrected chi connectivity index (χ1v) is 7.59. The van der Waals surface area contributed by atoms with Crippen LogP contribution in [0.2, 0.25) is 0 Å². The predicted octanol–water partition coefficient (Wildman–Crippen LogP) is 2.55. The highest BCUT2D eigenvalue weighted by Crippen LogP contribution is 2.23. The van der Waals surface area contributed by atoms with E-state index in [1.54, 1.807) is 0 Å². The van der Waals surface area contributed by atoms with Crippen LogP contribution in [-0.4, -0.2) is 21.5 Å². The Morgan fingerprint density at radius 2 is 2.09 bits per heavy atom. The van der Waals surface area contributed by atoms with Gasteiger partial charge in [-0.15, -0.1) is 24.8 Å². The fourth-order valence-electron chi connectivity index (χ4n) is 3.13. The minimum atomic E-state index is 0. The molecule has 0 bridgehead atoms. The molecule has 1 aromatic heterocycles. The molecule has 128 valence electrons. The average Bonchev–Trinajstić information content (AvgIpc) is 2.82. The van der Waals surface area contributed by atoms with E-state index < -0.39 is 0 Å². The molecule has 1 aliphatic rings. The van der Waals surface area contributed by atoms with Gasteiger partial charge in [0.1, 0.15) is 5.82 Å². The van der Waals surface area contributed by atoms with Gasteiger partial charge in [-0.2, -0.15) is 0 Å². The van der Waals surface area contributed by atoms with E-state index in [1.165, 1.54) is 0 Å². The summed E-state index contributed by atoms with van der Waals surface area (Å²) in [7, 11) is 1.98. The number of aromatic nitrogens is 2. The molecule has 0 spiro atoms. The number of nitrogens with two attached hydrogens (primary N) is 1. The Balaban J connectivity index is 0.00000132. The van der Waals surface area contributed by atoms with Crippen molar-refractivity contribution in [2.45, 2.75) is 38.3 Å². The van der Waals surface area contributed by atoms with Crippen LogP contribution in [0, 0.1) is 5.92 Å². The molecular formula is C16H24Cl2N4O. The summed E-state index contributed by atoms with van der Waals surface area (Å²) in [5, 5.41) is 3.01. The summed E-state index contributed by atoms with van der Waals surface area (Å²) < 4.78 is 2.03. The normalized spacial score (nSPS) is 20.4. The second kappa shape index (κ2) is 8.52. The number of nitrogens with zero attached hydrogens (tertiary/aromatic N) is 2. The van der Waals surface area contributed by atoms with E-state index in [-0.39, 0.29) is 42.7 Å². The Hall–Kier alpha value is -1.30. The van der Waals surface area contributed by atoms with E-state index in [2.05, 4.69) is 10.3 Å². The summed E-state index contributed by atoms with van der Waals surface area (Å²) in [6.45, 7) is 0.468. The van der Waals surface area contributed by atoms with Gasteiger partial charge in [-0.25, -0.2) is 4.98 Å². The standard InChI is InChI=1S/C16H22N4O.2ClH/c1-20-14-8-3-2-7-13(14)19-15(20)10-18-16(21)11-5-4-6-12(17)9-11;;/h2-3,7-8,11-12H,4-6,9-10,17H2,1H3,(H,18,21);2*1H. The van der Waals surface area contributed by atoms with Gasteiger partial charge in [0.05, 0.1) is 17.6 Å². The maximum Gasteiger partial charge on any atom is 0.223 e. The Kier molecular flexibility index (Phi) is 7.32. The summed E-state index contributed by atoms with van der Waals surface area (Å²) in [4.78, 5) is 16.8.